The first-order valence-electron chi connectivity index (χ1n) is 8.16. The number of thiazole rings is 1. The molecule has 0 unspecified atom stereocenters. The average Bonchev–Trinajstić information content (AvgIpc) is 3.24. The molecule has 1 aromatic carbocycles. The van der Waals surface area contributed by atoms with Gasteiger partial charge in [-0.25, -0.2) is 9.97 Å². The number of H-pyrrole nitrogens is 2. The number of nitrogens with one attached hydrogen (secondary N) is 2. The molecule has 0 saturated carbocycles. The number of hydrogen-bond donors (Lipinski definition) is 1. The Morgan fingerprint density at radius 2 is 2.07 bits per heavy atom. The largest absolute Gasteiger partial charge is 0.433 e. The maximum absolute atomic E-state index is 13.4. The first kappa shape index (κ1) is 18.1. The highest BCUT2D eigenvalue weighted by molar-refractivity contribution is 7.20. The molecule has 4 rings (SSSR count). The second-order valence-corrected chi connectivity index (χ2v) is 6.89. The number of aliphatic imine (C=N–C) groups is 1. The molecule has 0 spiro atoms. The average molecular weight is 404 g/mol. The zero-order valence-electron chi connectivity index (χ0n) is 14.2. The van der Waals surface area contributed by atoms with E-state index in [1.807, 2.05) is 0 Å². The van der Waals surface area contributed by atoms with Gasteiger partial charge in [-0.05, 0) is 18.2 Å². The maximum Gasteiger partial charge on any atom is 0.433 e. The predicted molar refractivity (Wildman–Crippen MR) is 98.9 cm³/mol. The third-order valence-corrected chi connectivity index (χ3v) is 4.97. The molecule has 142 valence electrons. The van der Waals surface area contributed by atoms with Crippen LogP contribution in [0.3, 0.4) is 0 Å². The highest BCUT2D eigenvalue weighted by Crippen LogP contribution is 2.30. The number of nitrogens with zero attached hydrogens (tertiary/aromatic N) is 3. The third kappa shape index (κ3) is 3.46. The molecule has 3 heterocycles. The van der Waals surface area contributed by atoms with Crippen LogP contribution in [0.4, 0.5) is 13.2 Å². The number of rotatable bonds is 4. The summed E-state index contributed by atoms with van der Waals surface area (Å²) in [5.74, 6) is 0. The zero-order valence-corrected chi connectivity index (χ0v) is 15.0. The van der Waals surface area contributed by atoms with Crippen LogP contribution in [0.15, 0.2) is 58.6 Å². The van der Waals surface area contributed by atoms with Crippen molar-refractivity contribution in [1.29, 1.82) is 0 Å². The first-order chi connectivity index (χ1) is 13.4. The maximum atomic E-state index is 13.4. The van der Waals surface area contributed by atoms with Crippen molar-refractivity contribution < 1.29 is 18.2 Å². The van der Waals surface area contributed by atoms with Crippen molar-refractivity contribution in [2.75, 3.05) is 0 Å². The Bertz CT molecular complexity index is 1170. The Morgan fingerprint density at radius 3 is 2.79 bits per heavy atom. The molecule has 0 atom stereocenters. The van der Waals surface area contributed by atoms with Crippen LogP contribution in [0.2, 0.25) is 0 Å². The smallest absolute Gasteiger partial charge is 0.287 e. The van der Waals surface area contributed by atoms with Crippen LogP contribution in [0, 0.1) is 0 Å². The Balaban J connectivity index is 1.76. The normalized spacial score (nSPS) is 12.2. The van der Waals surface area contributed by atoms with E-state index in [0.29, 0.717) is 5.52 Å². The number of aromatic nitrogens is 4. The fourth-order valence-corrected chi connectivity index (χ4v) is 3.57. The number of halogens is 3. The SMILES string of the molecule is O=c1c(C=NCc2ccc[nH+]c2)c(C(F)(F)F)[nH]n1-c1nc2ccccc2s1. The molecule has 28 heavy (non-hydrogen) atoms. The monoisotopic (exact) mass is 404 g/mol. The van der Waals surface area contributed by atoms with Gasteiger partial charge in [0.15, 0.2) is 18.1 Å². The molecule has 0 saturated heterocycles. The molecule has 0 aliphatic rings. The fourth-order valence-electron chi connectivity index (χ4n) is 2.65. The molecule has 10 heteroatoms. The summed E-state index contributed by atoms with van der Waals surface area (Å²) in [4.78, 5) is 23.8. The fraction of sp³-hybridized carbons (Fsp3) is 0.111. The lowest BCUT2D eigenvalue weighted by Crippen LogP contribution is -2.17. The highest BCUT2D eigenvalue weighted by atomic mass is 32.1. The van der Waals surface area contributed by atoms with Gasteiger partial charge in [0.2, 0.25) is 5.13 Å². The van der Waals surface area contributed by atoms with E-state index < -0.39 is 23.0 Å². The minimum atomic E-state index is -4.73. The zero-order chi connectivity index (χ0) is 19.7. The van der Waals surface area contributed by atoms with Crippen molar-refractivity contribution in [2.45, 2.75) is 12.7 Å². The van der Waals surface area contributed by atoms with Gasteiger partial charge in [0.25, 0.3) is 5.56 Å². The summed E-state index contributed by atoms with van der Waals surface area (Å²) in [5, 5.41) is 2.28. The van der Waals surface area contributed by atoms with Crippen LogP contribution in [-0.2, 0) is 12.7 Å². The van der Waals surface area contributed by atoms with Gasteiger partial charge in [-0.1, -0.05) is 23.5 Å². The van der Waals surface area contributed by atoms with Crippen molar-refractivity contribution in [3.05, 3.63) is 76.0 Å². The van der Waals surface area contributed by atoms with Gasteiger partial charge in [0.1, 0.15) is 0 Å². The van der Waals surface area contributed by atoms with E-state index in [2.05, 4.69) is 20.1 Å². The summed E-state index contributed by atoms with van der Waals surface area (Å²) in [7, 11) is 0. The second-order valence-electron chi connectivity index (χ2n) is 5.88. The van der Waals surface area contributed by atoms with Crippen LogP contribution in [0.5, 0.6) is 0 Å². The summed E-state index contributed by atoms with van der Waals surface area (Å²) >= 11 is 1.12. The molecule has 0 aliphatic heterocycles. The van der Waals surface area contributed by atoms with Gasteiger partial charge >= 0.3 is 6.18 Å². The van der Waals surface area contributed by atoms with E-state index in [1.165, 1.54) is 0 Å². The van der Waals surface area contributed by atoms with E-state index in [9.17, 15) is 18.0 Å². The number of pyridine rings is 1. The van der Waals surface area contributed by atoms with Crippen LogP contribution in [0.1, 0.15) is 16.8 Å². The van der Waals surface area contributed by atoms with E-state index in [1.54, 1.807) is 48.8 Å². The molecule has 0 aliphatic carbocycles. The molecule has 0 radical (unpaired) electrons. The Hall–Kier alpha value is -3.27. The van der Waals surface area contributed by atoms with Crippen LogP contribution >= 0.6 is 11.3 Å². The summed E-state index contributed by atoms with van der Waals surface area (Å²) in [6.45, 7) is 0.139. The lowest BCUT2D eigenvalue weighted by molar-refractivity contribution is -0.378. The quantitative estimate of drug-likeness (QED) is 0.530. The topological polar surface area (TPSA) is 77.2 Å². The lowest BCUT2D eigenvalue weighted by atomic mass is 10.2. The van der Waals surface area contributed by atoms with Crippen molar-refractivity contribution in [3.63, 3.8) is 0 Å². The van der Waals surface area contributed by atoms with Crippen LogP contribution in [-0.4, -0.2) is 21.0 Å². The third-order valence-electron chi connectivity index (χ3n) is 3.95. The molecule has 0 fully saturated rings. The lowest BCUT2D eigenvalue weighted by Gasteiger charge is -2.03. The standard InChI is InChI=1S/C18H12F3N5OS/c19-18(20,21)15-12(10-23-9-11-4-3-7-22-8-11)16(27)26(25-15)17-24-13-5-1-2-6-14(13)28-17/h1-8,10,25H,9H2/p+1. The van der Waals surface area contributed by atoms with Gasteiger partial charge < -0.3 is 0 Å². The minimum Gasteiger partial charge on any atom is -0.287 e. The number of para-hydroxylation sites is 1. The number of aromatic amines is 2. The first-order valence-corrected chi connectivity index (χ1v) is 8.98. The summed E-state index contributed by atoms with van der Waals surface area (Å²) in [6, 6.07) is 10.6. The van der Waals surface area contributed by atoms with Gasteiger partial charge in [0.05, 0.1) is 22.3 Å². The molecular weight excluding hydrogens is 391 g/mol. The summed E-state index contributed by atoms with van der Waals surface area (Å²) in [5.41, 5.74) is -1.18. The van der Waals surface area contributed by atoms with E-state index in [0.717, 1.165) is 32.5 Å². The van der Waals surface area contributed by atoms with Crippen molar-refractivity contribution >= 4 is 27.8 Å². The Labute approximate surface area is 160 Å². The second kappa shape index (κ2) is 7.04. The number of benzene rings is 1. The minimum absolute atomic E-state index is 0.133. The predicted octanol–water partition coefficient (Wildman–Crippen LogP) is 3.23. The number of hydrogen-bond acceptors (Lipinski definition) is 4. The Morgan fingerprint density at radius 1 is 1.25 bits per heavy atom. The summed E-state index contributed by atoms with van der Waals surface area (Å²) in [6.07, 6.45) is -0.391. The van der Waals surface area contributed by atoms with Crippen molar-refractivity contribution in [3.8, 4) is 5.13 Å². The highest BCUT2D eigenvalue weighted by Gasteiger charge is 2.38. The van der Waals surface area contributed by atoms with E-state index >= 15 is 0 Å². The molecule has 2 N–H and O–H groups in total. The number of alkyl halides is 3. The van der Waals surface area contributed by atoms with Crippen LogP contribution < -0.4 is 10.5 Å². The van der Waals surface area contributed by atoms with Crippen molar-refractivity contribution in [1.82, 2.24) is 14.8 Å². The summed E-state index contributed by atoms with van der Waals surface area (Å²) < 4.78 is 41.9. The molecule has 6 nitrogen and oxygen atoms in total. The van der Waals surface area contributed by atoms with Gasteiger partial charge in [0, 0.05) is 17.8 Å². The molecule has 3 aromatic heterocycles. The van der Waals surface area contributed by atoms with Crippen LogP contribution in [0.25, 0.3) is 15.3 Å². The van der Waals surface area contributed by atoms with Gasteiger partial charge in [-0.3, -0.25) is 14.9 Å². The molecule has 0 bridgehead atoms. The van der Waals surface area contributed by atoms with Gasteiger partial charge in [-0.15, -0.1) is 0 Å². The van der Waals surface area contributed by atoms with E-state index in [-0.39, 0.29) is 11.7 Å². The molecule has 0 amide bonds. The van der Waals surface area contributed by atoms with Gasteiger partial charge in [-0.2, -0.15) is 17.9 Å². The molecule has 4 aromatic rings. The molecular formula is C18H13F3N5OS+. The van der Waals surface area contributed by atoms with Crippen molar-refractivity contribution in [2.24, 2.45) is 4.99 Å². The Kier molecular flexibility index (Phi) is 4.55. The van der Waals surface area contributed by atoms with E-state index in [4.69, 9.17) is 0 Å². The number of fused-ring (bicyclic) bond motifs is 1.